The van der Waals surface area contributed by atoms with Gasteiger partial charge in [0.05, 0.1) is 14.2 Å². The zero-order valence-corrected chi connectivity index (χ0v) is 16.2. The number of benzene rings is 1. The number of hydrogen-bond donors (Lipinski definition) is 0. The quantitative estimate of drug-likeness (QED) is 0.698. The molecule has 3 rings (SSSR count). The molecule has 0 radical (unpaired) electrons. The van der Waals surface area contributed by atoms with Gasteiger partial charge in [0.15, 0.2) is 16.4 Å². The summed E-state index contributed by atoms with van der Waals surface area (Å²) in [6.45, 7) is 3.03. The summed E-state index contributed by atoms with van der Waals surface area (Å²) < 4.78 is 23.5. The third-order valence-electron chi connectivity index (χ3n) is 4.89. The van der Waals surface area contributed by atoms with Crippen LogP contribution in [0.5, 0.6) is 11.5 Å². The lowest BCUT2D eigenvalue weighted by atomic mass is 10.1. The minimum absolute atomic E-state index is 0.199. The summed E-state index contributed by atoms with van der Waals surface area (Å²) in [4.78, 5) is 7.34. The van der Waals surface area contributed by atoms with Crippen LogP contribution < -0.4 is 9.47 Å². The highest BCUT2D eigenvalue weighted by molar-refractivity contribution is 7.92. The number of piperidine rings is 1. The molecule has 6 heteroatoms. The summed E-state index contributed by atoms with van der Waals surface area (Å²) >= 11 is -1.02. The molecule has 1 unspecified atom stereocenters. The van der Waals surface area contributed by atoms with Gasteiger partial charge < -0.3 is 18.9 Å². The van der Waals surface area contributed by atoms with Crippen LogP contribution in [0.1, 0.15) is 18.4 Å². The van der Waals surface area contributed by atoms with E-state index in [1.54, 1.807) is 14.2 Å². The van der Waals surface area contributed by atoms with Crippen molar-refractivity contribution in [3.8, 4) is 11.5 Å². The fourth-order valence-electron chi connectivity index (χ4n) is 3.32. The Hall–Kier alpha value is -1.76. The molecule has 0 saturated carbocycles. The largest absolute Gasteiger partial charge is 0.611 e. The molecular weight excluding hydrogens is 348 g/mol. The van der Waals surface area contributed by atoms with E-state index in [0.717, 1.165) is 43.8 Å². The van der Waals surface area contributed by atoms with E-state index in [4.69, 9.17) is 9.47 Å². The van der Waals surface area contributed by atoms with Gasteiger partial charge in [0.2, 0.25) is 0 Å². The Labute approximate surface area is 158 Å². The van der Waals surface area contributed by atoms with E-state index in [2.05, 4.69) is 22.0 Å². The van der Waals surface area contributed by atoms with Crippen LogP contribution in [0.2, 0.25) is 0 Å². The standard InChI is InChI=1S/C20H26N2O3S/c1-24-19-4-3-18(15-20(19)25-2)26(23)17-8-13-22(14-9-17)12-7-16-5-10-21-11-6-16/h3-6,10-11,15,17H,7-9,12-14H2,1-2H3. The molecule has 1 aliphatic rings. The monoisotopic (exact) mass is 374 g/mol. The molecular formula is C20H26N2O3S. The summed E-state index contributed by atoms with van der Waals surface area (Å²) in [5.41, 5.74) is 1.32. The van der Waals surface area contributed by atoms with Gasteiger partial charge in [-0.1, -0.05) is 0 Å². The van der Waals surface area contributed by atoms with Crippen LogP contribution in [0.3, 0.4) is 0 Å². The maximum atomic E-state index is 12.9. The summed E-state index contributed by atoms with van der Waals surface area (Å²) in [6, 6.07) is 9.69. The smallest absolute Gasteiger partial charge is 0.165 e. The van der Waals surface area contributed by atoms with Crippen LogP contribution in [0.25, 0.3) is 0 Å². The van der Waals surface area contributed by atoms with E-state index >= 15 is 0 Å². The summed E-state index contributed by atoms with van der Waals surface area (Å²) in [5, 5.41) is 0.199. The summed E-state index contributed by atoms with van der Waals surface area (Å²) in [7, 11) is 3.21. The minimum Gasteiger partial charge on any atom is -0.611 e. The molecule has 2 heterocycles. The molecule has 140 valence electrons. The van der Waals surface area contributed by atoms with E-state index in [1.807, 2.05) is 30.6 Å². The Bertz CT molecular complexity index is 691. The number of hydrogen-bond acceptors (Lipinski definition) is 5. The Morgan fingerprint density at radius 3 is 2.42 bits per heavy atom. The third-order valence-corrected chi connectivity index (χ3v) is 6.69. The molecule has 5 nitrogen and oxygen atoms in total. The maximum absolute atomic E-state index is 12.9. The first-order chi connectivity index (χ1) is 12.7. The zero-order chi connectivity index (χ0) is 18.4. The van der Waals surface area contributed by atoms with Crippen molar-refractivity contribution in [3.05, 3.63) is 48.3 Å². The van der Waals surface area contributed by atoms with Crippen molar-refractivity contribution in [3.63, 3.8) is 0 Å². The minimum atomic E-state index is -1.02. The highest BCUT2D eigenvalue weighted by Crippen LogP contribution is 2.32. The first kappa shape index (κ1) is 19.0. The molecule has 2 aromatic rings. The normalized spacial score (nSPS) is 17.0. The number of likely N-dealkylation sites (tertiary alicyclic amines) is 1. The number of nitrogens with zero attached hydrogens (tertiary/aromatic N) is 2. The molecule has 1 aromatic heterocycles. The molecule has 0 N–H and O–H groups in total. The Morgan fingerprint density at radius 1 is 1.08 bits per heavy atom. The first-order valence-electron chi connectivity index (χ1n) is 8.95. The fourth-order valence-corrected chi connectivity index (χ4v) is 4.77. The first-order valence-corrected chi connectivity index (χ1v) is 10.2. The number of aromatic nitrogens is 1. The third kappa shape index (κ3) is 4.69. The van der Waals surface area contributed by atoms with Gasteiger partial charge in [0, 0.05) is 50.9 Å². The van der Waals surface area contributed by atoms with Crippen LogP contribution in [-0.4, -0.2) is 53.5 Å². The SMILES string of the molecule is COc1ccc([S+]([O-])C2CCN(CCc3ccncc3)CC2)cc1OC. The molecule has 1 saturated heterocycles. The number of ether oxygens (including phenoxy) is 2. The summed E-state index contributed by atoms with van der Waals surface area (Å²) in [6.07, 6.45) is 6.63. The van der Waals surface area contributed by atoms with Crippen LogP contribution in [0, 0.1) is 0 Å². The van der Waals surface area contributed by atoms with E-state index in [0.29, 0.717) is 11.5 Å². The Balaban J connectivity index is 1.52. The van der Waals surface area contributed by atoms with Gasteiger partial charge in [-0.3, -0.25) is 4.98 Å². The number of rotatable bonds is 7. The predicted molar refractivity (Wildman–Crippen MR) is 103 cm³/mol. The molecule has 0 amide bonds. The molecule has 26 heavy (non-hydrogen) atoms. The highest BCUT2D eigenvalue weighted by atomic mass is 32.2. The molecule has 0 bridgehead atoms. The van der Waals surface area contributed by atoms with Gasteiger partial charge in [0.25, 0.3) is 0 Å². The predicted octanol–water partition coefficient (Wildman–Crippen LogP) is 2.91. The highest BCUT2D eigenvalue weighted by Gasteiger charge is 2.30. The van der Waals surface area contributed by atoms with Crippen LogP contribution in [-0.2, 0) is 17.6 Å². The Morgan fingerprint density at radius 2 is 1.77 bits per heavy atom. The Kier molecular flexibility index (Phi) is 6.77. The van der Waals surface area contributed by atoms with Crippen LogP contribution in [0.15, 0.2) is 47.6 Å². The van der Waals surface area contributed by atoms with E-state index in [1.165, 1.54) is 5.56 Å². The molecule has 1 fully saturated rings. The number of methoxy groups -OCH3 is 2. The van der Waals surface area contributed by atoms with Crippen molar-refractivity contribution in [2.24, 2.45) is 0 Å². The topological polar surface area (TPSA) is 57.7 Å². The van der Waals surface area contributed by atoms with Gasteiger partial charge in [-0.25, -0.2) is 0 Å². The molecule has 1 aromatic carbocycles. The van der Waals surface area contributed by atoms with Gasteiger partial charge in [-0.2, -0.15) is 0 Å². The average Bonchev–Trinajstić information content (AvgIpc) is 2.72. The van der Waals surface area contributed by atoms with Crippen molar-refractivity contribution in [2.45, 2.75) is 29.4 Å². The van der Waals surface area contributed by atoms with Gasteiger partial charge >= 0.3 is 0 Å². The summed E-state index contributed by atoms with van der Waals surface area (Å²) in [5.74, 6) is 1.30. The lowest BCUT2D eigenvalue weighted by Gasteiger charge is -2.32. The van der Waals surface area contributed by atoms with Crippen molar-refractivity contribution in [1.82, 2.24) is 9.88 Å². The lowest BCUT2D eigenvalue weighted by molar-refractivity contribution is 0.232. The van der Waals surface area contributed by atoms with Crippen molar-refractivity contribution < 1.29 is 14.0 Å². The van der Waals surface area contributed by atoms with Crippen molar-refractivity contribution in [2.75, 3.05) is 33.9 Å². The lowest BCUT2D eigenvalue weighted by Crippen LogP contribution is -2.40. The molecule has 0 aliphatic carbocycles. The second kappa shape index (κ2) is 9.26. The molecule has 1 atom stereocenters. The van der Waals surface area contributed by atoms with Crippen LogP contribution in [0.4, 0.5) is 0 Å². The van der Waals surface area contributed by atoms with Gasteiger partial charge in [-0.15, -0.1) is 0 Å². The van der Waals surface area contributed by atoms with Crippen molar-refractivity contribution >= 4 is 11.2 Å². The van der Waals surface area contributed by atoms with Gasteiger partial charge in [-0.05, 0) is 47.4 Å². The maximum Gasteiger partial charge on any atom is 0.165 e. The molecule has 0 spiro atoms. The van der Waals surface area contributed by atoms with Crippen LogP contribution >= 0.6 is 0 Å². The van der Waals surface area contributed by atoms with E-state index < -0.39 is 11.2 Å². The van der Waals surface area contributed by atoms with Gasteiger partial charge in [0.1, 0.15) is 5.25 Å². The average molecular weight is 375 g/mol. The second-order valence-corrected chi connectivity index (χ2v) is 8.19. The second-order valence-electron chi connectivity index (χ2n) is 6.46. The van der Waals surface area contributed by atoms with Crippen molar-refractivity contribution in [1.29, 1.82) is 0 Å². The van der Waals surface area contributed by atoms with E-state index in [9.17, 15) is 4.55 Å². The van der Waals surface area contributed by atoms with E-state index in [-0.39, 0.29) is 5.25 Å². The number of pyridine rings is 1. The fraction of sp³-hybridized carbons (Fsp3) is 0.450. The zero-order valence-electron chi connectivity index (χ0n) is 15.4. The molecule has 1 aliphatic heterocycles.